The molecule has 5 heteroatoms. The highest BCUT2D eigenvalue weighted by atomic mass is 35.5. The second-order valence-electron chi connectivity index (χ2n) is 3.23. The fraction of sp³-hybridized carbons (Fsp3) is 0.364. The Hall–Kier alpha value is -1.26. The number of carbonyl (C=O) groups is 1. The monoisotopic (exact) mass is 243 g/mol. The quantitative estimate of drug-likeness (QED) is 0.761. The smallest absolute Gasteiger partial charge is 0.235 e. The second kappa shape index (κ2) is 6.35. The molecule has 0 bridgehead atoms. The van der Waals surface area contributed by atoms with Crippen LogP contribution in [0.1, 0.15) is 11.7 Å². The molecule has 0 aliphatic rings. The van der Waals surface area contributed by atoms with Gasteiger partial charge in [-0.2, -0.15) is 0 Å². The summed E-state index contributed by atoms with van der Waals surface area (Å²) in [7, 11) is 1.58. The first-order valence-corrected chi connectivity index (χ1v) is 5.35. The Morgan fingerprint density at radius 1 is 1.50 bits per heavy atom. The van der Waals surface area contributed by atoms with Crippen molar-refractivity contribution in [2.75, 3.05) is 19.5 Å². The lowest BCUT2D eigenvalue weighted by Gasteiger charge is -2.12. The summed E-state index contributed by atoms with van der Waals surface area (Å²) >= 11 is 5.31. The van der Waals surface area contributed by atoms with Crippen LogP contribution in [-0.4, -0.2) is 30.5 Å². The number of aliphatic hydroxyl groups is 1. The number of halogens is 1. The number of methoxy groups -OCH3 is 1. The normalized spacial score (nSPS) is 11.9. The zero-order chi connectivity index (χ0) is 12.0. The number of alkyl halides is 1. The topological polar surface area (TPSA) is 58.6 Å². The third-order valence-electron chi connectivity index (χ3n) is 2.11. The van der Waals surface area contributed by atoms with Crippen molar-refractivity contribution in [3.63, 3.8) is 0 Å². The van der Waals surface area contributed by atoms with Crippen molar-refractivity contribution in [2.24, 2.45) is 0 Å². The molecular weight excluding hydrogens is 230 g/mol. The summed E-state index contributed by atoms with van der Waals surface area (Å²) in [5, 5.41) is 12.2. The van der Waals surface area contributed by atoms with Crippen LogP contribution in [0.4, 0.5) is 0 Å². The van der Waals surface area contributed by atoms with E-state index in [0.717, 1.165) is 11.3 Å². The van der Waals surface area contributed by atoms with E-state index in [0.29, 0.717) is 0 Å². The average molecular weight is 244 g/mol. The predicted molar refractivity (Wildman–Crippen MR) is 61.7 cm³/mol. The molecule has 0 aliphatic heterocycles. The van der Waals surface area contributed by atoms with Gasteiger partial charge in [-0.05, 0) is 17.7 Å². The first kappa shape index (κ1) is 12.8. The fourth-order valence-corrected chi connectivity index (χ4v) is 1.30. The minimum absolute atomic E-state index is 0.102. The first-order valence-electron chi connectivity index (χ1n) is 4.82. The summed E-state index contributed by atoms with van der Waals surface area (Å²) in [6.45, 7) is 0.151. The van der Waals surface area contributed by atoms with Gasteiger partial charge in [0, 0.05) is 6.54 Å². The van der Waals surface area contributed by atoms with Gasteiger partial charge in [-0.3, -0.25) is 4.79 Å². The molecule has 88 valence electrons. The summed E-state index contributed by atoms with van der Waals surface area (Å²) in [6.07, 6.45) is -0.738. The molecule has 2 N–H and O–H groups in total. The summed E-state index contributed by atoms with van der Waals surface area (Å²) in [5.41, 5.74) is 0.718. The predicted octanol–water partition coefficient (Wildman–Crippen LogP) is 1.08. The second-order valence-corrected chi connectivity index (χ2v) is 3.49. The van der Waals surface area contributed by atoms with Gasteiger partial charge in [-0.15, -0.1) is 11.6 Å². The van der Waals surface area contributed by atoms with E-state index in [-0.39, 0.29) is 18.3 Å². The number of rotatable bonds is 5. The van der Waals surface area contributed by atoms with Gasteiger partial charge in [0.2, 0.25) is 5.91 Å². The molecule has 0 aliphatic carbocycles. The van der Waals surface area contributed by atoms with Crippen LogP contribution in [0.5, 0.6) is 5.75 Å². The molecule has 0 saturated heterocycles. The van der Waals surface area contributed by atoms with Crippen molar-refractivity contribution in [3.8, 4) is 5.75 Å². The molecule has 1 aromatic carbocycles. The average Bonchev–Trinajstić information content (AvgIpc) is 2.35. The molecule has 1 unspecified atom stereocenters. The number of amides is 1. The van der Waals surface area contributed by atoms with Crippen molar-refractivity contribution in [2.45, 2.75) is 6.10 Å². The summed E-state index contributed by atoms with van der Waals surface area (Å²) < 4.78 is 5.00. The van der Waals surface area contributed by atoms with Gasteiger partial charge >= 0.3 is 0 Å². The van der Waals surface area contributed by atoms with Crippen LogP contribution in [-0.2, 0) is 4.79 Å². The van der Waals surface area contributed by atoms with Gasteiger partial charge in [0.15, 0.2) is 0 Å². The van der Waals surface area contributed by atoms with Crippen molar-refractivity contribution < 1.29 is 14.6 Å². The molecule has 1 amide bonds. The van der Waals surface area contributed by atoms with E-state index in [4.69, 9.17) is 16.3 Å². The Labute approximate surface area is 99.2 Å². The van der Waals surface area contributed by atoms with Crippen LogP contribution in [0.15, 0.2) is 24.3 Å². The maximum atomic E-state index is 10.9. The van der Waals surface area contributed by atoms with Gasteiger partial charge in [-0.1, -0.05) is 12.1 Å². The van der Waals surface area contributed by atoms with Crippen LogP contribution < -0.4 is 10.1 Å². The lowest BCUT2D eigenvalue weighted by Crippen LogP contribution is -2.29. The van der Waals surface area contributed by atoms with Crippen molar-refractivity contribution in [3.05, 3.63) is 29.8 Å². The number of aliphatic hydroxyl groups excluding tert-OH is 1. The highest BCUT2D eigenvalue weighted by Crippen LogP contribution is 2.16. The molecule has 16 heavy (non-hydrogen) atoms. The molecule has 0 saturated carbocycles. The van der Waals surface area contributed by atoms with E-state index in [2.05, 4.69) is 5.32 Å². The fourth-order valence-electron chi connectivity index (χ4n) is 1.20. The minimum atomic E-state index is -0.738. The molecule has 0 spiro atoms. The number of carbonyl (C=O) groups excluding carboxylic acids is 1. The third kappa shape index (κ3) is 3.72. The molecule has 1 aromatic rings. The van der Waals surface area contributed by atoms with E-state index in [1.807, 2.05) is 0 Å². The van der Waals surface area contributed by atoms with Gasteiger partial charge < -0.3 is 15.2 Å². The Bertz CT molecular complexity index is 340. The van der Waals surface area contributed by atoms with Crippen molar-refractivity contribution in [1.29, 1.82) is 0 Å². The van der Waals surface area contributed by atoms with Gasteiger partial charge in [0.25, 0.3) is 0 Å². The summed E-state index contributed by atoms with van der Waals surface area (Å²) in [6, 6.07) is 7.00. The van der Waals surface area contributed by atoms with E-state index in [1.165, 1.54) is 0 Å². The molecule has 1 atom stereocenters. The Kier molecular flexibility index (Phi) is 5.08. The lowest BCUT2D eigenvalue weighted by atomic mass is 10.1. The van der Waals surface area contributed by atoms with Crippen molar-refractivity contribution >= 4 is 17.5 Å². The lowest BCUT2D eigenvalue weighted by molar-refractivity contribution is -0.119. The van der Waals surface area contributed by atoms with E-state index in [1.54, 1.807) is 31.4 Å². The molecule has 4 nitrogen and oxygen atoms in total. The van der Waals surface area contributed by atoms with Crippen LogP contribution in [0.2, 0.25) is 0 Å². The summed E-state index contributed by atoms with van der Waals surface area (Å²) in [4.78, 5) is 10.9. The van der Waals surface area contributed by atoms with E-state index in [9.17, 15) is 9.90 Å². The number of nitrogens with one attached hydrogen (secondary N) is 1. The standard InChI is InChI=1S/C11H14ClNO3/c1-16-9-4-2-8(3-5-9)10(14)7-13-11(15)6-12/h2-5,10,14H,6-7H2,1H3,(H,13,15). The number of ether oxygens (including phenoxy) is 1. The van der Waals surface area contributed by atoms with Crippen LogP contribution in [0, 0.1) is 0 Å². The molecule has 0 aromatic heterocycles. The molecule has 1 rings (SSSR count). The minimum Gasteiger partial charge on any atom is -0.497 e. The van der Waals surface area contributed by atoms with Crippen LogP contribution in [0.25, 0.3) is 0 Å². The van der Waals surface area contributed by atoms with Crippen LogP contribution in [0.3, 0.4) is 0 Å². The van der Waals surface area contributed by atoms with E-state index >= 15 is 0 Å². The molecular formula is C11H14ClNO3. The Morgan fingerprint density at radius 2 is 2.12 bits per heavy atom. The summed E-state index contributed by atoms with van der Waals surface area (Å²) in [5.74, 6) is 0.324. The zero-order valence-electron chi connectivity index (χ0n) is 8.94. The van der Waals surface area contributed by atoms with Crippen LogP contribution >= 0.6 is 11.6 Å². The highest BCUT2D eigenvalue weighted by Gasteiger charge is 2.08. The maximum absolute atomic E-state index is 10.9. The third-order valence-corrected chi connectivity index (χ3v) is 2.36. The largest absolute Gasteiger partial charge is 0.497 e. The van der Waals surface area contributed by atoms with Gasteiger partial charge in [0.05, 0.1) is 13.2 Å². The molecule has 0 fully saturated rings. The number of hydrogen-bond donors (Lipinski definition) is 2. The van der Waals surface area contributed by atoms with Crippen molar-refractivity contribution in [1.82, 2.24) is 5.32 Å². The zero-order valence-corrected chi connectivity index (χ0v) is 9.70. The Morgan fingerprint density at radius 3 is 2.62 bits per heavy atom. The van der Waals surface area contributed by atoms with Gasteiger partial charge in [0.1, 0.15) is 11.6 Å². The van der Waals surface area contributed by atoms with Gasteiger partial charge in [-0.25, -0.2) is 0 Å². The molecule has 0 heterocycles. The number of hydrogen-bond acceptors (Lipinski definition) is 3. The first-order chi connectivity index (χ1) is 7.67. The van der Waals surface area contributed by atoms with E-state index < -0.39 is 6.10 Å². The highest BCUT2D eigenvalue weighted by molar-refractivity contribution is 6.27. The Balaban J connectivity index is 2.52. The SMILES string of the molecule is COc1ccc(C(O)CNC(=O)CCl)cc1. The molecule has 0 radical (unpaired) electrons. The maximum Gasteiger partial charge on any atom is 0.235 e. The number of benzene rings is 1.